The van der Waals surface area contributed by atoms with E-state index in [9.17, 15) is 19.8 Å². The number of aliphatic imine (C=N–C) groups is 1. The van der Waals surface area contributed by atoms with E-state index in [4.69, 9.17) is 23.7 Å². The van der Waals surface area contributed by atoms with E-state index in [2.05, 4.69) is 51.2 Å². The van der Waals surface area contributed by atoms with Gasteiger partial charge in [0.15, 0.2) is 11.6 Å². The van der Waals surface area contributed by atoms with Gasteiger partial charge in [0, 0.05) is 57.3 Å². The third-order valence-corrected chi connectivity index (χ3v) is 14.5. The van der Waals surface area contributed by atoms with Crippen molar-refractivity contribution in [3.8, 4) is 0 Å². The van der Waals surface area contributed by atoms with Crippen LogP contribution in [-0.4, -0.2) is 124 Å². The first-order chi connectivity index (χ1) is 33.4. The summed E-state index contributed by atoms with van der Waals surface area (Å²) < 4.78 is 32.9. The van der Waals surface area contributed by atoms with E-state index in [1.807, 2.05) is 46.4 Å². The minimum absolute atomic E-state index is 0.0489. The first kappa shape index (κ1) is 57.3. The second kappa shape index (κ2) is 28.0. The molecule has 0 bridgehead atoms. The van der Waals surface area contributed by atoms with Crippen LogP contribution >= 0.6 is 0 Å². The van der Waals surface area contributed by atoms with Crippen LogP contribution in [0.15, 0.2) is 17.1 Å². The number of aliphatic hydroxyl groups is 1. The number of carbonyl (C=O) groups excluding carboxylic acids is 2. The summed E-state index contributed by atoms with van der Waals surface area (Å²) in [7, 11) is 0. The summed E-state index contributed by atoms with van der Waals surface area (Å²) in [6.45, 7) is 17.9. The normalized spacial score (nSPS) is 26.9. The molecule has 2 fully saturated rings. The van der Waals surface area contributed by atoms with Crippen LogP contribution in [0.4, 0.5) is 0 Å². The van der Waals surface area contributed by atoms with Crippen molar-refractivity contribution in [1.82, 2.24) is 15.5 Å². The Kier molecular flexibility index (Phi) is 22.9. The number of hydrogen-bond donors (Lipinski definition) is 4. The topological polar surface area (TPSA) is 180 Å². The van der Waals surface area contributed by atoms with Crippen LogP contribution in [-0.2, 0) is 33.3 Å². The van der Waals surface area contributed by atoms with Crippen molar-refractivity contribution in [2.75, 3.05) is 32.8 Å². The standard InChI is InChI=1S/C55H96N6O9/c1-9-44-30-22-23-34-54(68-44)41-43-32-33-45-47(55(35-27-29-42(2)67-55)59-49(58-54)61(43)45)48(63)66-40-26-20-18-16-14-12-10-11-13-15-17-19-21-31-46(62)60(39-28-37-57-51(65)70-53(6,7)8)38-25-24-36-56-50(64)69-52(3,4)5/h22,30,42-45,47H,9-21,23-29,31-41H2,1-8H3,(H3,56,57,58,59,64,65)/p+1/t42-,43+,44+,45-,47+,54+,55-/m1/s1. The van der Waals surface area contributed by atoms with Gasteiger partial charge < -0.3 is 38.8 Å². The average molecular weight is 986 g/mol. The maximum absolute atomic E-state index is 14.2. The van der Waals surface area contributed by atoms with E-state index < -0.39 is 28.7 Å². The quantitative estimate of drug-likeness (QED) is 0.0159. The lowest BCUT2D eigenvalue weighted by Gasteiger charge is -2.50. The SMILES string of the molecule is CC[C@H]1C=CCC[C@@]2(C[C@@H]3CC[C@@H]4[C@@H](C(=O)OCCCCCCCCCCCCCCCC(=O)N(CCCCN=C([O-])OC(C)(C)C)CCC[NH+]=C(O)OC(C)(C)C)[C@]5(CCC[C@@H](C)O5)NC(=[N+]34)N2)O1. The van der Waals surface area contributed by atoms with E-state index in [1.54, 1.807) is 0 Å². The Morgan fingerprint density at radius 2 is 1.51 bits per heavy atom. The van der Waals surface area contributed by atoms with Crippen molar-refractivity contribution < 1.29 is 53.1 Å². The molecular formula is C55H97N6O9+. The maximum atomic E-state index is 14.2. The summed E-state index contributed by atoms with van der Waals surface area (Å²) in [6, 6.07) is 0.366. The molecule has 0 aliphatic carbocycles. The molecule has 2 spiro atoms. The Hall–Kier alpha value is -3.59. The smallest absolute Gasteiger partial charge is 0.545 e. The largest absolute Gasteiger partial charge is 0.595 e. The molecule has 5 aliphatic rings. The Morgan fingerprint density at radius 3 is 2.17 bits per heavy atom. The van der Waals surface area contributed by atoms with Gasteiger partial charge in [0.2, 0.25) is 11.6 Å². The molecule has 4 N–H and O–H groups in total. The van der Waals surface area contributed by atoms with Crippen molar-refractivity contribution in [2.45, 2.75) is 269 Å². The second-order valence-electron chi connectivity index (χ2n) is 23.0. The van der Waals surface area contributed by atoms with Crippen molar-refractivity contribution in [2.24, 2.45) is 10.9 Å². The summed E-state index contributed by atoms with van der Waals surface area (Å²) in [4.78, 5) is 36.3. The minimum atomic E-state index is -0.776. The highest BCUT2D eigenvalue weighted by Gasteiger charge is 2.64. The highest BCUT2D eigenvalue weighted by atomic mass is 16.6. The van der Waals surface area contributed by atoms with Gasteiger partial charge >= 0.3 is 18.0 Å². The highest BCUT2D eigenvalue weighted by molar-refractivity contribution is 5.82. The number of allylic oxidation sites excluding steroid dienone is 1. The van der Waals surface area contributed by atoms with Gasteiger partial charge in [-0.3, -0.25) is 19.2 Å². The predicted octanol–water partition coefficient (Wildman–Crippen LogP) is 7.57. The highest BCUT2D eigenvalue weighted by Crippen LogP contribution is 2.46. The van der Waals surface area contributed by atoms with Crippen LogP contribution < -0.4 is 20.7 Å². The molecule has 15 nitrogen and oxygen atoms in total. The number of hydrogen-bond acceptors (Lipinski definition) is 11. The molecule has 1 amide bonds. The Morgan fingerprint density at radius 1 is 0.857 bits per heavy atom. The predicted molar refractivity (Wildman–Crippen MR) is 273 cm³/mol. The molecule has 5 aliphatic heterocycles. The number of nitrogens with zero attached hydrogens (tertiary/aromatic N) is 3. The monoisotopic (exact) mass is 986 g/mol. The van der Waals surface area contributed by atoms with E-state index in [-0.39, 0.29) is 42.1 Å². The van der Waals surface area contributed by atoms with Gasteiger partial charge in [-0.2, -0.15) is 4.99 Å². The lowest BCUT2D eigenvalue weighted by molar-refractivity contribution is -0.609. The number of nitrogens with one attached hydrogen (secondary N) is 3. The number of guanidine groups is 1. The van der Waals surface area contributed by atoms with Gasteiger partial charge in [0.05, 0.1) is 30.9 Å². The summed E-state index contributed by atoms with van der Waals surface area (Å²) in [5, 5.41) is 29.7. The number of unbranched alkanes of at least 4 members (excludes halogenated alkanes) is 13. The molecule has 15 heteroatoms. The van der Waals surface area contributed by atoms with E-state index in [0.717, 1.165) is 102 Å². The molecule has 7 atom stereocenters. The Bertz CT molecular complexity index is 1740. The molecule has 2 saturated heterocycles. The third kappa shape index (κ3) is 18.8. The average Bonchev–Trinajstić information content (AvgIpc) is 3.58. The van der Waals surface area contributed by atoms with Gasteiger partial charge in [-0.1, -0.05) is 110 Å². The first-order valence-electron chi connectivity index (χ1n) is 28.0. The Balaban J connectivity index is 0.921. The maximum Gasteiger partial charge on any atom is 0.545 e. The lowest BCUT2D eigenvalue weighted by Crippen LogP contribution is -2.76. The van der Waals surface area contributed by atoms with Gasteiger partial charge in [-0.05, 0) is 91.9 Å². The molecule has 0 saturated carbocycles. The molecule has 5 rings (SSSR count). The first-order valence-corrected chi connectivity index (χ1v) is 28.0. The number of ether oxygens (including phenoxy) is 5. The summed E-state index contributed by atoms with van der Waals surface area (Å²) in [6.07, 6.45) is 30.0. The van der Waals surface area contributed by atoms with E-state index in [0.29, 0.717) is 58.1 Å². The molecule has 0 aromatic heterocycles. The Labute approximate surface area is 422 Å². The molecule has 0 unspecified atom stereocenters. The zero-order chi connectivity index (χ0) is 50.6. The molecule has 0 aromatic carbocycles. The van der Waals surface area contributed by atoms with Crippen molar-refractivity contribution in [1.29, 1.82) is 0 Å². The zero-order valence-electron chi connectivity index (χ0n) is 45.0. The fourth-order valence-electron chi connectivity index (χ4n) is 11.2. The summed E-state index contributed by atoms with van der Waals surface area (Å²) in [5.74, 6) is 0.654. The molecule has 0 aromatic rings. The van der Waals surface area contributed by atoms with Crippen molar-refractivity contribution in [3.63, 3.8) is 0 Å². The van der Waals surface area contributed by atoms with Crippen molar-refractivity contribution in [3.05, 3.63) is 12.2 Å². The fraction of sp³-hybridized carbons (Fsp3) is 0.873. The molecule has 0 radical (unpaired) electrons. The number of aliphatic hydroxyl groups excluding tert-OH is 1. The van der Waals surface area contributed by atoms with E-state index >= 15 is 0 Å². The van der Waals surface area contributed by atoms with Gasteiger partial charge in [-0.15, -0.1) is 0 Å². The fourth-order valence-corrected chi connectivity index (χ4v) is 11.2. The van der Waals surface area contributed by atoms with Crippen molar-refractivity contribution >= 4 is 30.0 Å². The number of amides is 1. The molecule has 5 heterocycles. The third-order valence-electron chi connectivity index (χ3n) is 14.5. The van der Waals surface area contributed by atoms with Gasteiger partial charge in [0.1, 0.15) is 18.2 Å². The minimum Gasteiger partial charge on any atom is -0.595 e. The van der Waals surface area contributed by atoms with Crippen LogP contribution in [0.2, 0.25) is 0 Å². The van der Waals surface area contributed by atoms with Gasteiger partial charge in [-0.25, -0.2) is 10.6 Å². The summed E-state index contributed by atoms with van der Waals surface area (Å²) in [5.41, 5.74) is -2.27. The van der Waals surface area contributed by atoms with Crippen LogP contribution in [0, 0.1) is 5.92 Å². The molecule has 70 heavy (non-hydrogen) atoms. The lowest BCUT2D eigenvalue weighted by atomic mass is 9.80. The number of rotatable bonds is 27. The van der Waals surface area contributed by atoms with Crippen LogP contribution in [0.5, 0.6) is 0 Å². The summed E-state index contributed by atoms with van der Waals surface area (Å²) >= 11 is 0. The number of esters is 1. The molecular weight excluding hydrogens is 889 g/mol. The van der Waals surface area contributed by atoms with E-state index in [1.165, 1.54) is 51.4 Å². The molecule has 400 valence electrons. The van der Waals surface area contributed by atoms with Crippen LogP contribution in [0.25, 0.3) is 0 Å². The van der Waals surface area contributed by atoms with Crippen LogP contribution in [0.1, 0.15) is 222 Å². The second-order valence-corrected chi connectivity index (χ2v) is 23.0. The number of carbonyl (C=O) groups is 2. The van der Waals surface area contributed by atoms with Gasteiger partial charge in [0.25, 0.3) is 0 Å². The van der Waals surface area contributed by atoms with Crippen LogP contribution in [0.3, 0.4) is 0 Å². The zero-order valence-corrected chi connectivity index (χ0v) is 45.0.